The van der Waals surface area contributed by atoms with Crippen LogP contribution < -0.4 is 0 Å². The molecule has 2 aliphatic rings. The molecule has 0 bridgehead atoms. The van der Waals surface area contributed by atoms with Crippen molar-refractivity contribution in [2.24, 2.45) is 0 Å². The fraction of sp³-hybridized carbons (Fsp3) is 0.467. The molecule has 1 heterocycles. The number of rotatable bonds is 3. The number of amides is 1. The van der Waals surface area contributed by atoms with Crippen molar-refractivity contribution in [3.05, 3.63) is 34.9 Å². The Labute approximate surface area is 112 Å². The number of carboxylic acids is 1. The second kappa shape index (κ2) is 4.68. The first-order chi connectivity index (χ1) is 9.18. The minimum absolute atomic E-state index is 0.00231. The fourth-order valence-electron chi connectivity index (χ4n) is 2.84. The lowest BCUT2D eigenvalue weighted by atomic mass is 9.96. The molecule has 19 heavy (non-hydrogen) atoms. The number of hydrogen-bond acceptors (Lipinski definition) is 2. The van der Waals surface area contributed by atoms with Gasteiger partial charge in [0.15, 0.2) is 0 Å². The van der Waals surface area contributed by atoms with Crippen molar-refractivity contribution in [2.45, 2.75) is 31.6 Å². The summed E-state index contributed by atoms with van der Waals surface area (Å²) in [7, 11) is 0. The first-order valence-electron chi connectivity index (χ1n) is 6.84. The number of carbonyl (C=O) groups is 2. The van der Waals surface area contributed by atoms with E-state index in [-0.39, 0.29) is 11.8 Å². The van der Waals surface area contributed by atoms with Crippen LogP contribution in [0.15, 0.2) is 18.2 Å². The largest absolute Gasteiger partial charge is 0.478 e. The van der Waals surface area contributed by atoms with Crippen LogP contribution in [0.2, 0.25) is 0 Å². The van der Waals surface area contributed by atoms with Crippen molar-refractivity contribution in [1.29, 1.82) is 0 Å². The molecule has 4 heteroatoms. The van der Waals surface area contributed by atoms with Gasteiger partial charge in [-0.3, -0.25) is 4.79 Å². The Morgan fingerprint density at radius 3 is 2.32 bits per heavy atom. The molecule has 3 rings (SSSR count). The Morgan fingerprint density at radius 2 is 1.74 bits per heavy atom. The molecule has 4 nitrogen and oxygen atoms in total. The van der Waals surface area contributed by atoms with Crippen LogP contribution in [0, 0.1) is 0 Å². The third-order valence-electron chi connectivity index (χ3n) is 3.95. The van der Waals surface area contributed by atoms with Gasteiger partial charge in [-0.1, -0.05) is 6.07 Å². The third kappa shape index (κ3) is 2.23. The Bertz CT molecular complexity index is 528. The lowest BCUT2D eigenvalue weighted by molar-refractivity contribution is 0.0695. The first-order valence-corrected chi connectivity index (χ1v) is 6.84. The van der Waals surface area contributed by atoms with E-state index < -0.39 is 5.97 Å². The number of nitrogens with zero attached hydrogens (tertiary/aromatic N) is 1. The summed E-state index contributed by atoms with van der Waals surface area (Å²) in [6.45, 7) is 1.58. The lowest BCUT2D eigenvalue weighted by Gasteiger charge is -2.18. The Kier molecular flexibility index (Phi) is 3.01. The van der Waals surface area contributed by atoms with Crippen LogP contribution in [0.1, 0.15) is 57.9 Å². The first kappa shape index (κ1) is 12.2. The van der Waals surface area contributed by atoms with Crippen LogP contribution in [0.3, 0.4) is 0 Å². The van der Waals surface area contributed by atoms with E-state index in [1.807, 2.05) is 4.90 Å². The highest BCUT2D eigenvalue weighted by atomic mass is 16.4. The highest BCUT2D eigenvalue weighted by Gasteiger charge is 2.33. The molecule has 100 valence electrons. The number of carbonyl (C=O) groups excluding carboxylic acids is 1. The van der Waals surface area contributed by atoms with Gasteiger partial charge in [-0.05, 0) is 49.3 Å². The smallest absolute Gasteiger partial charge is 0.335 e. The summed E-state index contributed by atoms with van der Waals surface area (Å²) in [6, 6.07) is 5.07. The monoisotopic (exact) mass is 259 g/mol. The van der Waals surface area contributed by atoms with E-state index in [0.29, 0.717) is 11.1 Å². The van der Waals surface area contributed by atoms with E-state index in [1.54, 1.807) is 18.2 Å². The van der Waals surface area contributed by atoms with Gasteiger partial charge in [0, 0.05) is 18.7 Å². The molecule has 0 atom stereocenters. The Balaban J connectivity index is 2.02. The van der Waals surface area contributed by atoms with E-state index in [1.165, 1.54) is 0 Å². The molecule has 0 radical (unpaired) electrons. The van der Waals surface area contributed by atoms with Crippen LogP contribution in [0.5, 0.6) is 0 Å². The minimum Gasteiger partial charge on any atom is -0.478 e. The predicted molar refractivity (Wildman–Crippen MR) is 70.5 cm³/mol. The van der Waals surface area contributed by atoms with Crippen LogP contribution in [0.25, 0.3) is 0 Å². The Morgan fingerprint density at radius 1 is 1.11 bits per heavy atom. The van der Waals surface area contributed by atoms with Crippen molar-refractivity contribution in [2.75, 3.05) is 13.1 Å². The van der Waals surface area contributed by atoms with Crippen molar-refractivity contribution in [1.82, 2.24) is 4.90 Å². The lowest BCUT2D eigenvalue weighted by Crippen LogP contribution is -2.29. The quantitative estimate of drug-likeness (QED) is 0.907. The highest BCUT2D eigenvalue weighted by Crippen LogP contribution is 2.43. The molecule has 0 unspecified atom stereocenters. The number of hydrogen-bond donors (Lipinski definition) is 1. The van der Waals surface area contributed by atoms with Gasteiger partial charge in [0.1, 0.15) is 0 Å². The number of carboxylic acid groups (broad SMARTS) is 1. The summed E-state index contributed by atoms with van der Waals surface area (Å²) < 4.78 is 0. The normalized spacial score (nSPS) is 18.6. The molecule has 1 N–H and O–H groups in total. The molecule has 1 amide bonds. The molecule has 0 spiro atoms. The average molecular weight is 259 g/mol. The van der Waals surface area contributed by atoms with Crippen molar-refractivity contribution < 1.29 is 14.7 Å². The fourth-order valence-corrected chi connectivity index (χ4v) is 2.84. The van der Waals surface area contributed by atoms with Gasteiger partial charge in [-0.2, -0.15) is 0 Å². The standard InChI is InChI=1S/C15H17NO3/c17-14(16-8-1-2-9-16)11-4-3-5-12(15(18)19)13(11)10-6-7-10/h3-5,10H,1-2,6-9H2,(H,18,19). The summed E-state index contributed by atoms with van der Waals surface area (Å²) in [4.78, 5) is 25.7. The summed E-state index contributed by atoms with van der Waals surface area (Å²) in [5.41, 5.74) is 1.66. The number of likely N-dealkylation sites (tertiary alicyclic amines) is 1. The molecular formula is C15H17NO3. The van der Waals surface area contributed by atoms with Crippen LogP contribution in [0.4, 0.5) is 0 Å². The van der Waals surface area contributed by atoms with E-state index in [9.17, 15) is 14.7 Å². The van der Waals surface area contributed by atoms with E-state index >= 15 is 0 Å². The zero-order valence-electron chi connectivity index (χ0n) is 10.8. The van der Waals surface area contributed by atoms with Gasteiger partial charge in [-0.15, -0.1) is 0 Å². The summed E-state index contributed by atoms with van der Waals surface area (Å²) >= 11 is 0. The molecule has 1 aliphatic carbocycles. The van der Waals surface area contributed by atoms with Gasteiger partial charge < -0.3 is 10.0 Å². The van der Waals surface area contributed by atoms with Gasteiger partial charge in [0.25, 0.3) is 5.91 Å². The summed E-state index contributed by atoms with van der Waals surface area (Å²) in [5, 5.41) is 9.29. The van der Waals surface area contributed by atoms with Gasteiger partial charge in [0.2, 0.25) is 0 Å². The maximum absolute atomic E-state index is 12.5. The van der Waals surface area contributed by atoms with Crippen molar-refractivity contribution >= 4 is 11.9 Å². The molecule has 1 aromatic carbocycles. The second-order valence-electron chi connectivity index (χ2n) is 5.35. The van der Waals surface area contributed by atoms with Crippen molar-refractivity contribution in [3.63, 3.8) is 0 Å². The van der Waals surface area contributed by atoms with Gasteiger partial charge in [0.05, 0.1) is 5.56 Å². The maximum Gasteiger partial charge on any atom is 0.335 e. The van der Waals surface area contributed by atoms with Crippen LogP contribution in [-0.4, -0.2) is 35.0 Å². The predicted octanol–water partition coefficient (Wildman–Crippen LogP) is 2.50. The molecule has 1 saturated carbocycles. The number of aromatic carboxylic acids is 1. The SMILES string of the molecule is O=C(O)c1cccc(C(=O)N2CCCC2)c1C1CC1. The Hall–Kier alpha value is -1.84. The van der Waals surface area contributed by atoms with E-state index in [2.05, 4.69) is 0 Å². The van der Waals surface area contributed by atoms with Gasteiger partial charge >= 0.3 is 5.97 Å². The molecule has 1 aliphatic heterocycles. The molecule has 1 aromatic rings. The third-order valence-corrected chi connectivity index (χ3v) is 3.95. The van der Waals surface area contributed by atoms with Crippen molar-refractivity contribution in [3.8, 4) is 0 Å². The minimum atomic E-state index is -0.932. The summed E-state index contributed by atoms with van der Waals surface area (Å²) in [5.74, 6) is -0.672. The van der Waals surface area contributed by atoms with Crippen LogP contribution >= 0.6 is 0 Å². The highest BCUT2D eigenvalue weighted by molar-refractivity contribution is 6.00. The average Bonchev–Trinajstić information content (AvgIpc) is 3.11. The molecule has 1 saturated heterocycles. The number of benzene rings is 1. The molecular weight excluding hydrogens is 242 g/mol. The second-order valence-corrected chi connectivity index (χ2v) is 5.35. The van der Waals surface area contributed by atoms with Gasteiger partial charge in [-0.25, -0.2) is 4.79 Å². The van der Waals surface area contributed by atoms with Crippen LogP contribution in [-0.2, 0) is 0 Å². The zero-order chi connectivity index (χ0) is 13.4. The summed E-state index contributed by atoms with van der Waals surface area (Å²) in [6.07, 6.45) is 4.07. The van der Waals surface area contributed by atoms with E-state index in [4.69, 9.17) is 0 Å². The maximum atomic E-state index is 12.5. The van der Waals surface area contributed by atoms with E-state index in [0.717, 1.165) is 44.3 Å². The molecule has 0 aromatic heterocycles. The zero-order valence-corrected chi connectivity index (χ0v) is 10.8. The molecule has 2 fully saturated rings. The topological polar surface area (TPSA) is 57.6 Å².